The zero-order valence-electron chi connectivity index (χ0n) is 13.7. The van der Waals surface area contributed by atoms with Crippen molar-refractivity contribution in [1.82, 2.24) is 5.01 Å². The molecule has 1 heterocycles. The molecule has 0 spiro atoms. The molecule has 1 aromatic rings. The number of aliphatic hydroxyl groups is 2. The monoisotopic (exact) mass is 411 g/mol. The number of ether oxygens (including phenoxy) is 1. The molecule has 1 aliphatic rings. The number of nitrogens with zero attached hydrogens (tertiary/aromatic N) is 3. The Morgan fingerprint density at radius 2 is 2.16 bits per heavy atom. The Bertz CT molecular complexity index is 611. The zero-order chi connectivity index (χ0) is 18.6. The molecule has 6 nitrogen and oxygen atoms in total. The molecule has 0 aliphatic carbocycles. The summed E-state index contributed by atoms with van der Waals surface area (Å²) in [5.41, 5.74) is -0.434. The molecule has 0 amide bonds. The predicted octanol–water partition coefficient (Wildman–Crippen LogP) is 3.54. The van der Waals surface area contributed by atoms with Gasteiger partial charge in [-0.2, -0.15) is 5.11 Å². The minimum absolute atomic E-state index is 0.288. The van der Waals surface area contributed by atoms with Crippen molar-refractivity contribution >= 4 is 35.0 Å². The lowest BCUT2D eigenvalue weighted by Gasteiger charge is -2.42. The molecular formula is C15H20Cl2FN3O3S. The van der Waals surface area contributed by atoms with Gasteiger partial charge in [-0.05, 0) is 25.1 Å². The molecule has 0 bridgehead atoms. The number of thioether (sulfide) groups is 1. The predicted molar refractivity (Wildman–Crippen MR) is 95.7 cm³/mol. The van der Waals surface area contributed by atoms with Gasteiger partial charge in [0.2, 0.25) is 0 Å². The van der Waals surface area contributed by atoms with Crippen molar-refractivity contribution < 1.29 is 19.3 Å². The van der Waals surface area contributed by atoms with E-state index in [0.29, 0.717) is 10.0 Å². The van der Waals surface area contributed by atoms with Crippen LogP contribution >= 0.6 is 35.0 Å². The molecule has 1 fully saturated rings. The quantitative estimate of drug-likeness (QED) is 0.425. The molecule has 0 saturated carbocycles. The molecule has 25 heavy (non-hydrogen) atoms. The van der Waals surface area contributed by atoms with Crippen LogP contribution in [0.25, 0.3) is 0 Å². The molecule has 1 saturated heterocycles. The number of hydrogen-bond donors (Lipinski definition) is 2. The Balaban J connectivity index is 2.20. The average Bonchev–Trinajstić information content (AvgIpc) is 2.57. The van der Waals surface area contributed by atoms with Gasteiger partial charge in [0.25, 0.3) is 0 Å². The lowest BCUT2D eigenvalue weighted by Crippen LogP contribution is -2.56. The summed E-state index contributed by atoms with van der Waals surface area (Å²) in [6.45, 7) is 0.916. The van der Waals surface area contributed by atoms with Gasteiger partial charge in [-0.1, -0.05) is 40.2 Å². The van der Waals surface area contributed by atoms with Gasteiger partial charge < -0.3 is 14.9 Å². The van der Waals surface area contributed by atoms with E-state index in [9.17, 15) is 14.6 Å². The molecule has 1 aliphatic heterocycles. The minimum Gasteiger partial charge on any atom is -0.394 e. The number of aliphatic hydroxyl groups excluding tert-OH is 2. The second-order valence-electron chi connectivity index (χ2n) is 5.52. The van der Waals surface area contributed by atoms with Crippen LogP contribution in [0.3, 0.4) is 0 Å². The molecule has 1 aromatic carbocycles. The van der Waals surface area contributed by atoms with Gasteiger partial charge in [0.1, 0.15) is 17.6 Å². The van der Waals surface area contributed by atoms with E-state index < -0.39 is 36.6 Å². The maximum absolute atomic E-state index is 13.9. The summed E-state index contributed by atoms with van der Waals surface area (Å²) in [6, 6.07) is 4.48. The minimum atomic E-state index is -1.45. The van der Waals surface area contributed by atoms with Gasteiger partial charge in [-0.3, -0.25) is 0 Å². The third-order valence-corrected chi connectivity index (χ3v) is 5.60. The van der Waals surface area contributed by atoms with Crippen LogP contribution in [0.1, 0.15) is 13.3 Å². The van der Waals surface area contributed by atoms with Gasteiger partial charge in [-0.15, -0.1) is 0 Å². The van der Waals surface area contributed by atoms with E-state index in [1.807, 2.05) is 0 Å². The van der Waals surface area contributed by atoms with Crippen molar-refractivity contribution in [2.75, 3.05) is 13.7 Å². The van der Waals surface area contributed by atoms with E-state index in [1.54, 1.807) is 18.2 Å². The Hall–Kier alpha value is -0.640. The standard InChI is InChI=1S/C15H20Cl2FN3O3S/c1-8(18)21(20-19-2)12-6-14(24-13(7-22)15(12)23)25-9-3-4-10(16)11(17)5-9/h3-5,8,12-15,22-23H,6-7H2,1-2H3/b20-19-/t8?,12-,13-,14-,15-/m1/s1. The van der Waals surface area contributed by atoms with Crippen LogP contribution in [-0.4, -0.2) is 58.9 Å². The van der Waals surface area contributed by atoms with Crippen molar-refractivity contribution in [3.05, 3.63) is 28.2 Å². The van der Waals surface area contributed by atoms with Crippen molar-refractivity contribution in [2.24, 2.45) is 10.3 Å². The Kier molecular flexibility index (Phi) is 7.72. The number of halogens is 3. The van der Waals surface area contributed by atoms with Crippen LogP contribution in [0.2, 0.25) is 10.0 Å². The number of hydrogen-bond acceptors (Lipinski definition) is 6. The van der Waals surface area contributed by atoms with Gasteiger partial charge in [0.05, 0.1) is 29.7 Å². The van der Waals surface area contributed by atoms with E-state index in [2.05, 4.69) is 10.3 Å². The van der Waals surface area contributed by atoms with Gasteiger partial charge >= 0.3 is 0 Å². The fraction of sp³-hybridized carbons (Fsp3) is 0.600. The molecule has 140 valence electrons. The van der Waals surface area contributed by atoms with Crippen molar-refractivity contribution in [3.8, 4) is 0 Å². The molecule has 1 unspecified atom stereocenters. The highest BCUT2D eigenvalue weighted by Crippen LogP contribution is 2.37. The first kappa shape index (κ1) is 20.7. The Morgan fingerprint density at radius 1 is 1.44 bits per heavy atom. The largest absolute Gasteiger partial charge is 0.394 e. The molecule has 2 N–H and O–H groups in total. The van der Waals surface area contributed by atoms with Crippen LogP contribution in [0, 0.1) is 0 Å². The van der Waals surface area contributed by atoms with E-state index in [-0.39, 0.29) is 6.42 Å². The fourth-order valence-corrected chi connectivity index (χ4v) is 4.10. The second-order valence-corrected chi connectivity index (χ2v) is 7.56. The normalized spacial score (nSPS) is 28.3. The SMILES string of the molecule is C/N=N\N(C(C)F)[C@@H]1C[C@@H](Sc2ccc(Cl)c(Cl)c2)O[C@H](CO)[C@@H]1O. The lowest BCUT2D eigenvalue weighted by atomic mass is 9.99. The molecule has 0 aromatic heterocycles. The summed E-state index contributed by atoms with van der Waals surface area (Å²) in [6.07, 6.45) is -3.11. The van der Waals surface area contributed by atoms with E-state index >= 15 is 0 Å². The van der Waals surface area contributed by atoms with Crippen LogP contribution in [-0.2, 0) is 4.74 Å². The second kappa shape index (κ2) is 9.34. The third-order valence-electron chi connectivity index (χ3n) is 3.77. The Morgan fingerprint density at radius 3 is 2.72 bits per heavy atom. The molecule has 5 atom stereocenters. The first-order chi connectivity index (χ1) is 11.9. The average molecular weight is 412 g/mol. The van der Waals surface area contributed by atoms with Crippen molar-refractivity contribution in [3.63, 3.8) is 0 Å². The third kappa shape index (κ3) is 5.18. The highest BCUT2D eigenvalue weighted by Gasteiger charge is 2.42. The smallest absolute Gasteiger partial charge is 0.186 e. The topological polar surface area (TPSA) is 77.7 Å². The molecule has 10 heteroatoms. The summed E-state index contributed by atoms with van der Waals surface area (Å²) in [5.74, 6) is 0. The van der Waals surface area contributed by atoms with Gasteiger partial charge in [0.15, 0.2) is 6.30 Å². The summed E-state index contributed by atoms with van der Waals surface area (Å²) < 4.78 is 19.6. The summed E-state index contributed by atoms with van der Waals surface area (Å²) in [7, 11) is 1.42. The first-order valence-electron chi connectivity index (χ1n) is 7.65. The van der Waals surface area contributed by atoms with E-state index in [1.165, 1.54) is 25.7 Å². The molecule has 0 radical (unpaired) electrons. The summed E-state index contributed by atoms with van der Waals surface area (Å²) in [4.78, 5) is 0.809. The van der Waals surface area contributed by atoms with Gasteiger partial charge in [0, 0.05) is 11.3 Å². The Labute approximate surface area is 159 Å². The van der Waals surface area contributed by atoms with Crippen molar-refractivity contribution in [1.29, 1.82) is 0 Å². The van der Waals surface area contributed by atoms with E-state index in [0.717, 1.165) is 9.90 Å². The molecular weight excluding hydrogens is 392 g/mol. The number of alkyl halides is 1. The number of benzene rings is 1. The zero-order valence-corrected chi connectivity index (χ0v) is 16.0. The van der Waals surface area contributed by atoms with E-state index in [4.69, 9.17) is 27.9 Å². The van der Waals surface area contributed by atoms with Crippen LogP contribution in [0.5, 0.6) is 0 Å². The van der Waals surface area contributed by atoms with Gasteiger partial charge in [-0.25, -0.2) is 9.40 Å². The summed E-state index contributed by atoms with van der Waals surface area (Å²) >= 11 is 13.3. The summed E-state index contributed by atoms with van der Waals surface area (Å²) in [5, 5.41) is 29.2. The fourth-order valence-electron chi connectivity index (χ4n) is 2.61. The van der Waals surface area contributed by atoms with Crippen LogP contribution < -0.4 is 0 Å². The number of rotatable bonds is 6. The first-order valence-corrected chi connectivity index (χ1v) is 9.29. The van der Waals surface area contributed by atoms with Crippen LogP contribution in [0.15, 0.2) is 33.4 Å². The maximum atomic E-state index is 13.9. The van der Waals surface area contributed by atoms with Crippen LogP contribution in [0.4, 0.5) is 4.39 Å². The lowest BCUT2D eigenvalue weighted by molar-refractivity contribution is -0.156. The highest BCUT2D eigenvalue weighted by atomic mass is 35.5. The molecule has 2 rings (SSSR count). The highest BCUT2D eigenvalue weighted by molar-refractivity contribution is 7.99. The maximum Gasteiger partial charge on any atom is 0.186 e. The van der Waals surface area contributed by atoms with Crippen molar-refractivity contribution in [2.45, 2.75) is 48.2 Å².